The standard InChI is InChI=1S/C10H9N3OS/c1-2-8(6-11-5-1)14-10-12-9(13-15-10)7-3-4-7/h1-2,5-7H,3-4H2. The fourth-order valence-electron chi connectivity index (χ4n) is 1.28. The van der Waals surface area contributed by atoms with Gasteiger partial charge in [0.25, 0.3) is 5.19 Å². The van der Waals surface area contributed by atoms with Crippen LogP contribution in [0.2, 0.25) is 0 Å². The molecule has 4 nitrogen and oxygen atoms in total. The molecule has 2 heterocycles. The van der Waals surface area contributed by atoms with E-state index in [1.54, 1.807) is 12.4 Å². The molecule has 0 amide bonds. The maximum absolute atomic E-state index is 5.52. The second-order valence-electron chi connectivity index (χ2n) is 3.48. The molecule has 2 aromatic heterocycles. The highest BCUT2D eigenvalue weighted by atomic mass is 32.1. The van der Waals surface area contributed by atoms with Crippen LogP contribution in [0.15, 0.2) is 24.5 Å². The minimum Gasteiger partial charge on any atom is -0.428 e. The quantitative estimate of drug-likeness (QED) is 0.796. The fraction of sp³-hybridized carbons (Fsp3) is 0.300. The summed E-state index contributed by atoms with van der Waals surface area (Å²) in [5.74, 6) is 2.21. The molecule has 1 saturated carbocycles. The molecule has 1 aliphatic carbocycles. The lowest BCUT2D eigenvalue weighted by Crippen LogP contribution is -1.85. The molecule has 5 heteroatoms. The molecule has 0 unspecified atom stereocenters. The topological polar surface area (TPSA) is 47.9 Å². The van der Waals surface area contributed by atoms with Crippen LogP contribution in [0.3, 0.4) is 0 Å². The van der Waals surface area contributed by atoms with Crippen molar-refractivity contribution in [3.05, 3.63) is 30.4 Å². The number of pyridine rings is 1. The first-order valence-corrected chi connectivity index (χ1v) is 5.60. The molecular formula is C10H9N3OS. The van der Waals surface area contributed by atoms with Gasteiger partial charge < -0.3 is 4.74 Å². The van der Waals surface area contributed by atoms with E-state index in [0.29, 0.717) is 16.9 Å². The maximum Gasteiger partial charge on any atom is 0.298 e. The first kappa shape index (κ1) is 8.79. The van der Waals surface area contributed by atoms with Gasteiger partial charge in [0.15, 0.2) is 0 Å². The second-order valence-corrected chi connectivity index (χ2v) is 4.20. The predicted molar refractivity (Wildman–Crippen MR) is 56.2 cm³/mol. The molecule has 0 radical (unpaired) electrons. The van der Waals surface area contributed by atoms with Crippen molar-refractivity contribution in [3.63, 3.8) is 0 Å². The lowest BCUT2D eigenvalue weighted by molar-refractivity contribution is 0.475. The number of ether oxygens (including phenoxy) is 1. The normalized spacial score (nSPS) is 15.2. The summed E-state index contributed by atoms with van der Waals surface area (Å²) in [5.41, 5.74) is 0. The van der Waals surface area contributed by atoms with Crippen LogP contribution in [0.5, 0.6) is 10.9 Å². The van der Waals surface area contributed by atoms with Gasteiger partial charge in [-0.2, -0.15) is 9.36 Å². The van der Waals surface area contributed by atoms with E-state index in [9.17, 15) is 0 Å². The third kappa shape index (κ3) is 1.97. The zero-order chi connectivity index (χ0) is 10.1. The molecule has 0 spiro atoms. The van der Waals surface area contributed by atoms with E-state index < -0.39 is 0 Å². The van der Waals surface area contributed by atoms with Crippen molar-refractivity contribution in [2.24, 2.45) is 0 Å². The Hall–Kier alpha value is -1.49. The number of rotatable bonds is 3. The highest BCUT2D eigenvalue weighted by molar-refractivity contribution is 7.07. The minimum atomic E-state index is 0.576. The van der Waals surface area contributed by atoms with Gasteiger partial charge in [0.2, 0.25) is 0 Å². The average molecular weight is 219 g/mol. The summed E-state index contributed by atoms with van der Waals surface area (Å²) < 4.78 is 9.78. The molecule has 0 N–H and O–H groups in total. The third-order valence-corrected chi connectivity index (χ3v) is 2.81. The Morgan fingerprint density at radius 2 is 2.33 bits per heavy atom. The molecule has 76 valence electrons. The number of hydrogen-bond acceptors (Lipinski definition) is 5. The van der Waals surface area contributed by atoms with Crippen molar-refractivity contribution in [2.45, 2.75) is 18.8 Å². The molecule has 0 bridgehead atoms. The van der Waals surface area contributed by atoms with Crippen LogP contribution in [0.4, 0.5) is 0 Å². The van der Waals surface area contributed by atoms with Gasteiger partial charge in [-0.1, -0.05) is 0 Å². The smallest absolute Gasteiger partial charge is 0.298 e. The lowest BCUT2D eigenvalue weighted by atomic mass is 10.4. The van der Waals surface area contributed by atoms with Crippen LogP contribution >= 0.6 is 11.5 Å². The molecular weight excluding hydrogens is 210 g/mol. The number of hydrogen-bond donors (Lipinski definition) is 0. The highest BCUT2D eigenvalue weighted by Crippen LogP contribution is 2.40. The molecule has 2 aromatic rings. The first-order chi connectivity index (χ1) is 7.42. The minimum absolute atomic E-state index is 0.576. The molecule has 0 saturated heterocycles. The Balaban J connectivity index is 1.76. The van der Waals surface area contributed by atoms with Crippen LogP contribution in [-0.4, -0.2) is 14.3 Å². The van der Waals surface area contributed by atoms with Crippen LogP contribution in [0.25, 0.3) is 0 Å². The van der Waals surface area contributed by atoms with Crippen molar-refractivity contribution in [2.75, 3.05) is 0 Å². The van der Waals surface area contributed by atoms with E-state index in [-0.39, 0.29) is 0 Å². The molecule has 0 aliphatic heterocycles. The third-order valence-electron chi connectivity index (χ3n) is 2.21. The van der Waals surface area contributed by atoms with Crippen LogP contribution < -0.4 is 4.74 Å². The molecule has 0 aromatic carbocycles. The van der Waals surface area contributed by atoms with Gasteiger partial charge in [-0.15, -0.1) is 0 Å². The monoisotopic (exact) mass is 219 g/mol. The summed E-state index contributed by atoms with van der Waals surface area (Å²) in [6.07, 6.45) is 5.80. The Morgan fingerprint density at radius 3 is 3.07 bits per heavy atom. The summed E-state index contributed by atoms with van der Waals surface area (Å²) in [4.78, 5) is 8.29. The summed E-state index contributed by atoms with van der Waals surface area (Å²) in [7, 11) is 0. The first-order valence-electron chi connectivity index (χ1n) is 4.83. The van der Waals surface area contributed by atoms with Gasteiger partial charge in [0.1, 0.15) is 11.6 Å². The molecule has 15 heavy (non-hydrogen) atoms. The number of aromatic nitrogens is 3. The summed E-state index contributed by atoms with van der Waals surface area (Å²) in [6.45, 7) is 0. The Morgan fingerprint density at radius 1 is 1.40 bits per heavy atom. The average Bonchev–Trinajstić information content (AvgIpc) is 3.02. The van der Waals surface area contributed by atoms with Crippen molar-refractivity contribution in [3.8, 4) is 10.9 Å². The molecule has 1 aliphatic rings. The second kappa shape index (κ2) is 3.58. The van der Waals surface area contributed by atoms with E-state index in [0.717, 1.165) is 5.82 Å². The van der Waals surface area contributed by atoms with Crippen LogP contribution in [0, 0.1) is 0 Å². The van der Waals surface area contributed by atoms with E-state index >= 15 is 0 Å². The summed E-state index contributed by atoms with van der Waals surface area (Å²) >= 11 is 1.30. The predicted octanol–water partition coefficient (Wildman–Crippen LogP) is 2.60. The van der Waals surface area contributed by atoms with Crippen molar-refractivity contribution < 1.29 is 4.74 Å². The van der Waals surface area contributed by atoms with Gasteiger partial charge in [0, 0.05) is 23.6 Å². The van der Waals surface area contributed by atoms with E-state index in [2.05, 4.69) is 14.3 Å². The van der Waals surface area contributed by atoms with Gasteiger partial charge >= 0.3 is 0 Å². The lowest BCUT2D eigenvalue weighted by Gasteiger charge is -1.97. The van der Waals surface area contributed by atoms with Crippen LogP contribution in [-0.2, 0) is 0 Å². The Labute approximate surface area is 91.1 Å². The fourth-order valence-corrected chi connectivity index (χ4v) is 1.91. The summed E-state index contributed by atoms with van der Waals surface area (Å²) in [6, 6.07) is 3.68. The molecule has 1 fully saturated rings. The summed E-state index contributed by atoms with van der Waals surface area (Å²) in [5, 5.41) is 0.602. The van der Waals surface area contributed by atoms with E-state index in [4.69, 9.17) is 4.74 Å². The van der Waals surface area contributed by atoms with Crippen molar-refractivity contribution in [1.29, 1.82) is 0 Å². The molecule has 3 rings (SSSR count). The Kier molecular flexibility index (Phi) is 2.10. The maximum atomic E-state index is 5.52. The van der Waals surface area contributed by atoms with Gasteiger partial charge in [-0.05, 0) is 25.0 Å². The van der Waals surface area contributed by atoms with E-state index in [1.807, 2.05) is 12.1 Å². The number of nitrogens with zero attached hydrogens (tertiary/aromatic N) is 3. The Bertz CT molecular complexity index is 453. The van der Waals surface area contributed by atoms with Gasteiger partial charge in [-0.3, -0.25) is 4.98 Å². The largest absolute Gasteiger partial charge is 0.428 e. The molecule has 0 atom stereocenters. The van der Waals surface area contributed by atoms with Crippen molar-refractivity contribution in [1.82, 2.24) is 14.3 Å². The van der Waals surface area contributed by atoms with Crippen molar-refractivity contribution >= 4 is 11.5 Å². The SMILES string of the molecule is c1cncc(Oc2nc(C3CC3)ns2)c1. The van der Waals surface area contributed by atoms with Crippen LogP contribution in [0.1, 0.15) is 24.6 Å². The van der Waals surface area contributed by atoms with Gasteiger partial charge in [0.05, 0.1) is 6.20 Å². The van der Waals surface area contributed by atoms with E-state index in [1.165, 1.54) is 24.4 Å². The zero-order valence-electron chi connectivity index (χ0n) is 7.96. The highest BCUT2D eigenvalue weighted by Gasteiger charge is 2.28. The van der Waals surface area contributed by atoms with Gasteiger partial charge in [-0.25, -0.2) is 0 Å². The zero-order valence-corrected chi connectivity index (χ0v) is 8.78.